The lowest BCUT2D eigenvalue weighted by molar-refractivity contribution is 0.549. The number of aryl methyl sites for hydroxylation is 1. The van der Waals surface area contributed by atoms with Gasteiger partial charge in [-0.05, 0) is 31.5 Å². The molecule has 0 radical (unpaired) electrons. The zero-order chi connectivity index (χ0) is 14.2. The summed E-state index contributed by atoms with van der Waals surface area (Å²) in [6.45, 7) is 5.46. The molecular formula is C16H22N2S2. The van der Waals surface area contributed by atoms with Gasteiger partial charge < -0.3 is 5.32 Å². The highest BCUT2D eigenvalue weighted by Gasteiger charge is 2.11. The van der Waals surface area contributed by atoms with E-state index in [0.717, 1.165) is 18.7 Å². The Morgan fingerprint density at radius 2 is 2.20 bits per heavy atom. The molecule has 108 valence electrons. The van der Waals surface area contributed by atoms with Crippen molar-refractivity contribution in [1.82, 2.24) is 10.3 Å². The second-order valence-electron chi connectivity index (χ2n) is 4.86. The molecule has 20 heavy (non-hydrogen) atoms. The molecule has 2 rings (SSSR count). The van der Waals surface area contributed by atoms with Crippen molar-refractivity contribution < 1.29 is 0 Å². The SMILES string of the molecule is CCCNC(CSc1ccccc1C)Cc1nccs1. The molecule has 0 aliphatic carbocycles. The summed E-state index contributed by atoms with van der Waals surface area (Å²) in [6, 6.07) is 9.09. The number of nitrogens with zero attached hydrogens (tertiary/aromatic N) is 1. The molecule has 0 fully saturated rings. The highest BCUT2D eigenvalue weighted by molar-refractivity contribution is 7.99. The van der Waals surface area contributed by atoms with E-state index in [9.17, 15) is 0 Å². The summed E-state index contributed by atoms with van der Waals surface area (Å²) in [6.07, 6.45) is 4.09. The van der Waals surface area contributed by atoms with E-state index in [0.29, 0.717) is 6.04 Å². The van der Waals surface area contributed by atoms with Crippen LogP contribution in [0.4, 0.5) is 0 Å². The molecule has 0 spiro atoms. The summed E-state index contributed by atoms with van der Waals surface area (Å²) in [5.74, 6) is 1.09. The van der Waals surface area contributed by atoms with E-state index in [1.807, 2.05) is 18.0 Å². The average Bonchev–Trinajstić information content (AvgIpc) is 2.96. The largest absolute Gasteiger partial charge is 0.313 e. The van der Waals surface area contributed by atoms with E-state index in [1.54, 1.807) is 11.3 Å². The maximum Gasteiger partial charge on any atom is 0.0940 e. The maximum atomic E-state index is 4.41. The normalized spacial score (nSPS) is 12.5. The first kappa shape index (κ1) is 15.5. The van der Waals surface area contributed by atoms with Gasteiger partial charge in [0.05, 0.1) is 5.01 Å². The lowest BCUT2D eigenvalue weighted by Gasteiger charge is -2.17. The zero-order valence-corrected chi connectivity index (χ0v) is 13.8. The van der Waals surface area contributed by atoms with E-state index >= 15 is 0 Å². The fourth-order valence-corrected chi connectivity index (χ4v) is 3.80. The Bertz CT molecular complexity index is 497. The topological polar surface area (TPSA) is 24.9 Å². The first-order valence-corrected chi connectivity index (χ1v) is 8.96. The van der Waals surface area contributed by atoms with Gasteiger partial charge in [0, 0.05) is 34.7 Å². The number of rotatable bonds is 8. The van der Waals surface area contributed by atoms with Gasteiger partial charge in [-0.15, -0.1) is 23.1 Å². The number of thiazole rings is 1. The van der Waals surface area contributed by atoms with E-state index < -0.39 is 0 Å². The molecule has 1 atom stereocenters. The Morgan fingerprint density at radius 3 is 2.90 bits per heavy atom. The van der Waals surface area contributed by atoms with Crippen molar-refractivity contribution in [3.8, 4) is 0 Å². The van der Waals surface area contributed by atoms with Crippen LogP contribution >= 0.6 is 23.1 Å². The van der Waals surface area contributed by atoms with Gasteiger partial charge in [0.15, 0.2) is 0 Å². The van der Waals surface area contributed by atoms with Crippen molar-refractivity contribution in [1.29, 1.82) is 0 Å². The summed E-state index contributed by atoms with van der Waals surface area (Å²) >= 11 is 3.69. The maximum absolute atomic E-state index is 4.41. The van der Waals surface area contributed by atoms with Crippen LogP contribution < -0.4 is 5.32 Å². The molecule has 0 bridgehead atoms. The minimum atomic E-state index is 0.491. The van der Waals surface area contributed by atoms with Crippen LogP contribution in [0.3, 0.4) is 0 Å². The first-order chi connectivity index (χ1) is 9.79. The van der Waals surface area contributed by atoms with Crippen molar-refractivity contribution in [2.45, 2.75) is 37.6 Å². The minimum absolute atomic E-state index is 0.491. The van der Waals surface area contributed by atoms with Crippen LogP contribution in [0.1, 0.15) is 23.9 Å². The molecular weight excluding hydrogens is 284 g/mol. The summed E-state index contributed by atoms with van der Waals surface area (Å²) < 4.78 is 0. The van der Waals surface area contributed by atoms with Crippen LogP contribution in [0.25, 0.3) is 0 Å². The van der Waals surface area contributed by atoms with Gasteiger partial charge in [0.25, 0.3) is 0 Å². The van der Waals surface area contributed by atoms with Crippen LogP contribution in [-0.2, 0) is 6.42 Å². The van der Waals surface area contributed by atoms with Gasteiger partial charge in [-0.1, -0.05) is 25.1 Å². The molecule has 0 aliphatic heterocycles. The molecule has 2 nitrogen and oxygen atoms in total. The summed E-state index contributed by atoms with van der Waals surface area (Å²) in [5.41, 5.74) is 1.36. The minimum Gasteiger partial charge on any atom is -0.313 e. The van der Waals surface area contributed by atoms with Gasteiger partial charge in [-0.2, -0.15) is 0 Å². The highest BCUT2D eigenvalue weighted by Crippen LogP contribution is 2.23. The molecule has 0 aliphatic rings. The highest BCUT2D eigenvalue weighted by atomic mass is 32.2. The number of nitrogens with one attached hydrogen (secondary N) is 1. The predicted octanol–water partition coefficient (Wildman–Crippen LogP) is 4.15. The predicted molar refractivity (Wildman–Crippen MR) is 89.8 cm³/mol. The van der Waals surface area contributed by atoms with Gasteiger partial charge in [-0.3, -0.25) is 0 Å². The lowest BCUT2D eigenvalue weighted by Crippen LogP contribution is -2.34. The van der Waals surface area contributed by atoms with Gasteiger partial charge in [0.1, 0.15) is 0 Å². The molecule has 2 aromatic rings. The Morgan fingerprint density at radius 1 is 1.35 bits per heavy atom. The Hall–Kier alpha value is -0.840. The standard InChI is InChI=1S/C16H22N2S2/c1-3-8-17-14(11-16-18-9-10-19-16)12-20-15-7-5-4-6-13(15)2/h4-7,9-10,14,17H,3,8,11-12H2,1-2H3. The van der Waals surface area contributed by atoms with E-state index in [2.05, 4.69) is 53.8 Å². The van der Waals surface area contributed by atoms with Gasteiger partial charge in [-0.25, -0.2) is 4.98 Å². The monoisotopic (exact) mass is 306 g/mol. The van der Waals surface area contributed by atoms with Crippen molar-refractivity contribution >= 4 is 23.1 Å². The van der Waals surface area contributed by atoms with Crippen molar-refractivity contribution in [3.63, 3.8) is 0 Å². The quantitative estimate of drug-likeness (QED) is 0.742. The lowest BCUT2D eigenvalue weighted by atomic mass is 10.2. The summed E-state index contributed by atoms with van der Waals surface area (Å²) in [5, 5.41) is 6.93. The smallest absolute Gasteiger partial charge is 0.0940 e. The molecule has 1 heterocycles. The van der Waals surface area contributed by atoms with Gasteiger partial charge in [0.2, 0.25) is 0 Å². The van der Waals surface area contributed by atoms with Crippen LogP contribution in [0.15, 0.2) is 40.7 Å². The number of hydrogen-bond donors (Lipinski definition) is 1. The third kappa shape index (κ3) is 4.93. The van der Waals surface area contributed by atoms with Crippen molar-refractivity contribution in [2.75, 3.05) is 12.3 Å². The third-order valence-corrected chi connectivity index (χ3v) is 5.26. The van der Waals surface area contributed by atoms with Crippen LogP contribution in [0.2, 0.25) is 0 Å². The first-order valence-electron chi connectivity index (χ1n) is 7.09. The fraction of sp³-hybridized carbons (Fsp3) is 0.438. The van der Waals surface area contributed by atoms with Crippen LogP contribution in [0, 0.1) is 6.92 Å². The Labute approximate surface area is 130 Å². The Balaban J connectivity index is 1.91. The van der Waals surface area contributed by atoms with E-state index in [4.69, 9.17) is 0 Å². The molecule has 1 N–H and O–H groups in total. The number of hydrogen-bond acceptors (Lipinski definition) is 4. The molecule has 0 amide bonds. The fourth-order valence-electron chi connectivity index (χ4n) is 2.01. The summed E-state index contributed by atoms with van der Waals surface area (Å²) in [7, 11) is 0. The van der Waals surface area contributed by atoms with E-state index in [1.165, 1.54) is 21.9 Å². The third-order valence-electron chi connectivity index (χ3n) is 3.12. The van der Waals surface area contributed by atoms with E-state index in [-0.39, 0.29) is 0 Å². The molecule has 1 aromatic heterocycles. The zero-order valence-electron chi connectivity index (χ0n) is 12.1. The average molecular weight is 306 g/mol. The Kier molecular flexibility index (Phi) is 6.57. The molecule has 1 unspecified atom stereocenters. The number of thioether (sulfide) groups is 1. The van der Waals surface area contributed by atoms with Crippen molar-refractivity contribution in [3.05, 3.63) is 46.4 Å². The van der Waals surface area contributed by atoms with Crippen LogP contribution in [-0.4, -0.2) is 23.3 Å². The molecule has 1 aromatic carbocycles. The number of aromatic nitrogens is 1. The number of benzene rings is 1. The summed E-state index contributed by atoms with van der Waals surface area (Å²) in [4.78, 5) is 5.79. The molecule has 0 saturated heterocycles. The van der Waals surface area contributed by atoms with Crippen LogP contribution in [0.5, 0.6) is 0 Å². The molecule has 4 heteroatoms. The molecule has 0 saturated carbocycles. The van der Waals surface area contributed by atoms with Gasteiger partial charge >= 0.3 is 0 Å². The van der Waals surface area contributed by atoms with Crippen molar-refractivity contribution in [2.24, 2.45) is 0 Å². The second kappa shape index (κ2) is 8.45. The second-order valence-corrected chi connectivity index (χ2v) is 6.90.